The number of carbonyl (C=O) groups excluding carboxylic acids is 1. The van der Waals surface area contributed by atoms with Crippen molar-refractivity contribution in [3.8, 4) is 0 Å². The van der Waals surface area contributed by atoms with E-state index < -0.39 is 5.60 Å². The van der Waals surface area contributed by atoms with Crippen LogP contribution in [0.2, 0.25) is 0 Å². The van der Waals surface area contributed by atoms with Crippen LogP contribution in [0.3, 0.4) is 0 Å². The van der Waals surface area contributed by atoms with Gasteiger partial charge in [0.2, 0.25) is 5.78 Å². The number of alkyl carbamates (subject to hydrolysis) is 1. The molecule has 1 aromatic carbocycles. The molecule has 1 N–H and O–H groups in total. The second kappa shape index (κ2) is 8.30. The number of aryl methyl sites for hydroxylation is 1. The predicted octanol–water partition coefficient (Wildman–Crippen LogP) is 2.55. The summed E-state index contributed by atoms with van der Waals surface area (Å²) in [4.78, 5) is 27.1. The molecule has 0 atom stereocenters. The van der Waals surface area contributed by atoms with Crippen LogP contribution in [0.1, 0.15) is 46.4 Å². The number of fused-ring (bicyclic) bond motifs is 3. The molecule has 0 unspecified atom stereocenters. The summed E-state index contributed by atoms with van der Waals surface area (Å²) in [5.74, 6) is 1.38. The van der Waals surface area contributed by atoms with Gasteiger partial charge in [-0.25, -0.2) is 4.79 Å². The Morgan fingerprint density at radius 3 is 2.58 bits per heavy atom. The monoisotopic (exact) mass is 426 g/mol. The molecule has 0 radical (unpaired) electrons. The van der Waals surface area contributed by atoms with E-state index in [0.29, 0.717) is 24.3 Å². The Labute approximate surface area is 181 Å². The molecule has 1 aliphatic rings. The summed E-state index contributed by atoms with van der Waals surface area (Å²) < 4.78 is 9.01. The average Bonchev–Trinajstić information content (AvgIpc) is 3.12. The topological polar surface area (TPSA) is 93.8 Å². The number of amides is 1. The van der Waals surface area contributed by atoms with Crippen molar-refractivity contribution in [1.82, 2.24) is 29.4 Å². The van der Waals surface area contributed by atoms with Crippen molar-refractivity contribution in [3.63, 3.8) is 0 Å². The molecule has 4 rings (SSSR count). The lowest BCUT2D eigenvalue weighted by Crippen LogP contribution is -2.46. The van der Waals surface area contributed by atoms with E-state index >= 15 is 0 Å². The summed E-state index contributed by atoms with van der Waals surface area (Å²) >= 11 is 0. The first-order valence-electron chi connectivity index (χ1n) is 10.8. The van der Waals surface area contributed by atoms with Crippen molar-refractivity contribution in [1.29, 1.82) is 0 Å². The normalized spacial score (nSPS) is 16.1. The maximum absolute atomic E-state index is 12.8. The third kappa shape index (κ3) is 4.41. The molecule has 3 heterocycles. The van der Waals surface area contributed by atoms with E-state index in [2.05, 4.69) is 20.4 Å². The Bertz CT molecular complexity index is 1150. The maximum atomic E-state index is 12.8. The lowest BCUT2D eigenvalue weighted by atomic mass is 10.1. The number of hydrogen-bond acceptors (Lipinski definition) is 6. The molecule has 3 aromatic rings. The Kier molecular flexibility index (Phi) is 5.70. The number of likely N-dealkylation sites (tertiary alicyclic amines) is 1. The fourth-order valence-electron chi connectivity index (χ4n) is 4.11. The standard InChI is InChI=1S/C22H30N6O3/c1-5-27-19(29)16-8-6-7-9-17(16)28-18(24-25-20(27)28)14-26-12-10-15(11-13-26)23-21(30)31-22(2,3)4/h6-9,15H,5,10-14H2,1-4H3,(H,23,30). The fourth-order valence-corrected chi connectivity index (χ4v) is 4.11. The molecule has 9 heteroatoms. The van der Waals surface area contributed by atoms with Gasteiger partial charge in [-0.15, -0.1) is 10.2 Å². The summed E-state index contributed by atoms with van der Waals surface area (Å²) in [6.45, 7) is 10.4. The van der Waals surface area contributed by atoms with Crippen molar-refractivity contribution in [2.45, 2.75) is 65.3 Å². The summed E-state index contributed by atoms with van der Waals surface area (Å²) in [5.41, 5.74) is 0.286. The molecular formula is C22H30N6O3. The van der Waals surface area contributed by atoms with E-state index in [1.54, 1.807) is 4.57 Å². The summed E-state index contributed by atoms with van der Waals surface area (Å²) in [5, 5.41) is 12.4. The number of benzene rings is 1. The van der Waals surface area contributed by atoms with Gasteiger partial charge in [0.15, 0.2) is 5.82 Å². The number of nitrogens with zero attached hydrogens (tertiary/aromatic N) is 5. The zero-order chi connectivity index (χ0) is 22.2. The van der Waals surface area contributed by atoms with Crippen LogP contribution < -0.4 is 10.9 Å². The minimum atomic E-state index is -0.498. The van der Waals surface area contributed by atoms with Crippen LogP contribution >= 0.6 is 0 Å². The molecule has 0 spiro atoms. The van der Waals surface area contributed by atoms with Crippen LogP contribution in [0.5, 0.6) is 0 Å². The highest BCUT2D eigenvalue weighted by atomic mass is 16.6. The molecular weight excluding hydrogens is 396 g/mol. The van der Waals surface area contributed by atoms with E-state index in [1.807, 2.05) is 56.4 Å². The number of ether oxygens (including phenoxy) is 1. The van der Waals surface area contributed by atoms with Crippen molar-refractivity contribution in [2.24, 2.45) is 0 Å². The van der Waals surface area contributed by atoms with Gasteiger partial charge in [0.1, 0.15) is 5.60 Å². The van der Waals surface area contributed by atoms with E-state index in [4.69, 9.17) is 4.74 Å². The zero-order valence-corrected chi connectivity index (χ0v) is 18.6. The molecule has 1 aliphatic heterocycles. The second-order valence-electron chi connectivity index (χ2n) is 9.01. The minimum absolute atomic E-state index is 0.0430. The largest absolute Gasteiger partial charge is 0.444 e. The van der Waals surface area contributed by atoms with E-state index in [-0.39, 0.29) is 17.7 Å². The molecule has 0 aliphatic carbocycles. The molecule has 9 nitrogen and oxygen atoms in total. The van der Waals surface area contributed by atoms with Crippen LogP contribution in [0.25, 0.3) is 16.7 Å². The molecule has 1 saturated heterocycles. The van der Waals surface area contributed by atoms with Gasteiger partial charge >= 0.3 is 6.09 Å². The van der Waals surface area contributed by atoms with Gasteiger partial charge in [0.25, 0.3) is 5.56 Å². The Morgan fingerprint density at radius 1 is 1.19 bits per heavy atom. The van der Waals surface area contributed by atoms with E-state index in [9.17, 15) is 9.59 Å². The lowest BCUT2D eigenvalue weighted by molar-refractivity contribution is 0.0477. The average molecular weight is 427 g/mol. The van der Waals surface area contributed by atoms with Crippen LogP contribution in [0.15, 0.2) is 29.1 Å². The second-order valence-corrected chi connectivity index (χ2v) is 9.01. The maximum Gasteiger partial charge on any atom is 0.407 e. The molecule has 1 fully saturated rings. The van der Waals surface area contributed by atoms with Crippen molar-refractivity contribution < 1.29 is 9.53 Å². The van der Waals surface area contributed by atoms with Crippen molar-refractivity contribution in [3.05, 3.63) is 40.4 Å². The smallest absolute Gasteiger partial charge is 0.407 e. The number of para-hydroxylation sites is 1. The highest BCUT2D eigenvalue weighted by Gasteiger charge is 2.25. The number of hydrogen-bond donors (Lipinski definition) is 1. The van der Waals surface area contributed by atoms with Gasteiger partial charge < -0.3 is 10.1 Å². The van der Waals surface area contributed by atoms with Gasteiger partial charge in [-0.05, 0) is 52.7 Å². The van der Waals surface area contributed by atoms with Gasteiger partial charge in [0, 0.05) is 25.7 Å². The molecule has 166 valence electrons. The SMILES string of the molecule is CCn1c(=O)c2ccccc2n2c(CN3CCC(NC(=O)OC(C)(C)C)CC3)nnc12. The Balaban J connectivity index is 1.50. The zero-order valence-electron chi connectivity index (χ0n) is 18.6. The first-order valence-corrected chi connectivity index (χ1v) is 10.8. The molecule has 0 bridgehead atoms. The summed E-state index contributed by atoms with van der Waals surface area (Å²) in [7, 11) is 0. The number of rotatable bonds is 4. The van der Waals surface area contributed by atoms with Crippen LogP contribution in [0, 0.1) is 0 Å². The minimum Gasteiger partial charge on any atom is -0.444 e. The third-order valence-corrected chi connectivity index (χ3v) is 5.56. The first kappa shape index (κ1) is 21.3. The Hall–Kier alpha value is -2.94. The fraction of sp³-hybridized carbons (Fsp3) is 0.545. The first-order chi connectivity index (χ1) is 14.8. The highest BCUT2D eigenvalue weighted by molar-refractivity contribution is 5.80. The number of nitrogens with one attached hydrogen (secondary N) is 1. The van der Waals surface area contributed by atoms with Crippen molar-refractivity contribution in [2.75, 3.05) is 13.1 Å². The van der Waals surface area contributed by atoms with E-state index in [1.165, 1.54) is 0 Å². The lowest BCUT2D eigenvalue weighted by Gasteiger charge is -2.32. The van der Waals surface area contributed by atoms with Crippen LogP contribution in [-0.2, 0) is 17.8 Å². The molecule has 31 heavy (non-hydrogen) atoms. The van der Waals surface area contributed by atoms with Gasteiger partial charge in [-0.1, -0.05) is 12.1 Å². The van der Waals surface area contributed by atoms with Crippen LogP contribution in [0.4, 0.5) is 4.79 Å². The van der Waals surface area contributed by atoms with E-state index in [0.717, 1.165) is 37.3 Å². The third-order valence-electron chi connectivity index (χ3n) is 5.56. The Morgan fingerprint density at radius 2 is 1.90 bits per heavy atom. The number of aromatic nitrogens is 4. The van der Waals surface area contributed by atoms with Gasteiger partial charge in [0.05, 0.1) is 17.4 Å². The van der Waals surface area contributed by atoms with Gasteiger partial charge in [-0.3, -0.25) is 18.7 Å². The summed E-state index contributed by atoms with van der Waals surface area (Å²) in [6, 6.07) is 7.69. The predicted molar refractivity (Wildman–Crippen MR) is 118 cm³/mol. The quantitative estimate of drug-likeness (QED) is 0.689. The number of carbonyl (C=O) groups is 1. The summed E-state index contributed by atoms with van der Waals surface area (Å²) in [6.07, 6.45) is 1.32. The van der Waals surface area contributed by atoms with Crippen LogP contribution in [-0.4, -0.2) is 54.9 Å². The molecule has 0 saturated carbocycles. The molecule has 1 amide bonds. The van der Waals surface area contributed by atoms with Gasteiger partial charge in [-0.2, -0.15) is 0 Å². The highest BCUT2D eigenvalue weighted by Crippen LogP contribution is 2.18. The van der Waals surface area contributed by atoms with Crippen molar-refractivity contribution >= 4 is 22.8 Å². The molecule has 2 aromatic heterocycles. The number of piperidine rings is 1.